The van der Waals surface area contributed by atoms with Gasteiger partial charge in [0.15, 0.2) is 0 Å². The molecule has 40 heavy (non-hydrogen) atoms. The summed E-state index contributed by atoms with van der Waals surface area (Å²) in [5.41, 5.74) is 4.36. The fourth-order valence-electron chi connectivity index (χ4n) is 10.8. The molecule has 0 heterocycles. The number of rotatable bonds is 5. The van der Waals surface area contributed by atoms with Gasteiger partial charge in [0.1, 0.15) is 0 Å². The molecule has 1 aromatic carbocycles. The third-order valence-corrected chi connectivity index (χ3v) is 33.4. The predicted molar refractivity (Wildman–Crippen MR) is 184 cm³/mol. The minimum atomic E-state index is -1.36. The van der Waals surface area contributed by atoms with E-state index >= 15 is 0 Å². The molecular formula is C35H62Cl2Si2Zr. The second-order valence-electron chi connectivity index (χ2n) is 16.2. The molecule has 4 fully saturated rings. The van der Waals surface area contributed by atoms with Crippen LogP contribution in [0.1, 0.15) is 97.0 Å². The molecule has 5 rings (SSSR count). The van der Waals surface area contributed by atoms with Gasteiger partial charge in [-0.05, 0) is 89.2 Å². The zero-order valence-corrected chi connectivity index (χ0v) is 33.7. The Labute approximate surface area is 271 Å². The Morgan fingerprint density at radius 1 is 0.800 bits per heavy atom. The number of hydrogen-bond donors (Lipinski definition) is 0. The van der Waals surface area contributed by atoms with Gasteiger partial charge in [-0.25, -0.2) is 0 Å². The van der Waals surface area contributed by atoms with E-state index in [9.17, 15) is 0 Å². The van der Waals surface area contributed by atoms with Crippen LogP contribution in [0.5, 0.6) is 0 Å². The van der Waals surface area contributed by atoms with Crippen LogP contribution in [-0.2, 0) is 20.8 Å². The van der Waals surface area contributed by atoms with Gasteiger partial charge in [-0.2, -0.15) is 0 Å². The molecule has 228 valence electrons. The maximum atomic E-state index is 4.93. The molecule has 4 saturated carbocycles. The summed E-state index contributed by atoms with van der Waals surface area (Å²) < 4.78 is 0. The molecule has 9 unspecified atom stereocenters. The van der Waals surface area contributed by atoms with Crippen LogP contribution in [-0.4, -0.2) is 15.2 Å². The summed E-state index contributed by atoms with van der Waals surface area (Å²) in [5, 5.41) is 0. The Bertz CT molecular complexity index is 898. The zero-order valence-electron chi connectivity index (χ0n) is 27.7. The summed E-state index contributed by atoms with van der Waals surface area (Å²) in [6.07, 6.45) is 13.7. The van der Waals surface area contributed by atoms with Gasteiger partial charge in [-0.1, -0.05) is 116 Å². The third-order valence-electron chi connectivity index (χ3n) is 12.6. The standard InChI is InChI=1S/C33H56Si2.2CH3.2ClH.Zr/c1-23-19-29-30(21-26-15-12-16-28(26)31(29)25-13-10-9-11-14-25)32(23)35(7,8)34(5,6)27-18-17-24(20-27)22-33(2,3)4;;;;;/h9-11,13-14,23-24,26-32H,12,15-22H2,1-8H3;2*1H3;2*1H;/q;2*-1;;;+4/p-2. The average molecular weight is 701 g/mol. The fourth-order valence-corrected chi connectivity index (χ4v) is 25.6. The molecule has 0 spiro atoms. The van der Waals surface area contributed by atoms with Gasteiger partial charge in [0, 0.05) is 15.2 Å². The first-order valence-electron chi connectivity index (χ1n) is 15.8. The molecule has 4 aliphatic carbocycles. The van der Waals surface area contributed by atoms with Gasteiger partial charge in [0.05, 0.1) is 0 Å². The number of benzene rings is 1. The summed E-state index contributed by atoms with van der Waals surface area (Å²) in [6.45, 7) is 21.7. The minimum absolute atomic E-state index is 0. The molecular weight excluding hydrogens is 639 g/mol. The van der Waals surface area contributed by atoms with Crippen LogP contribution in [0, 0.1) is 55.8 Å². The van der Waals surface area contributed by atoms with E-state index in [0.29, 0.717) is 5.41 Å². The van der Waals surface area contributed by atoms with Crippen molar-refractivity contribution in [2.24, 2.45) is 40.9 Å². The van der Waals surface area contributed by atoms with Crippen molar-refractivity contribution >= 4 is 32.2 Å². The van der Waals surface area contributed by atoms with Crippen LogP contribution in [0.25, 0.3) is 0 Å². The van der Waals surface area contributed by atoms with E-state index in [1.165, 1.54) is 38.5 Å². The zero-order chi connectivity index (χ0) is 27.9. The molecule has 0 N–H and O–H groups in total. The topological polar surface area (TPSA) is 0 Å². The Hall–Kier alpha value is 1.12. The van der Waals surface area contributed by atoms with Crippen molar-refractivity contribution in [3.63, 3.8) is 0 Å². The molecule has 0 nitrogen and oxygen atoms in total. The van der Waals surface area contributed by atoms with Crippen LogP contribution < -0.4 is 0 Å². The van der Waals surface area contributed by atoms with E-state index in [-0.39, 0.29) is 14.9 Å². The predicted octanol–water partition coefficient (Wildman–Crippen LogP) is 12.6. The van der Waals surface area contributed by atoms with Gasteiger partial charge >= 0.3 is 37.9 Å². The second-order valence-corrected chi connectivity index (χ2v) is 36.1. The first-order chi connectivity index (χ1) is 17.8. The monoisotopic (exact) mass is 698 g/mol. The Balaban J connectivity index is 0.00000107. The average Bonchev–Trinajstić information content (AvgIpc) is 3.55. The maximum absolute atomic E-state index is 4.93. The SMILES string of the molecule is CC1CC2C(CC3CCCC3C2c2ccccc2)C1[Si](C)(C)[Si](C)(C)C1CCC(CC(C)(C)C)C1.[CH3-].[CH3-].[Cl][Zr+2][Cl]. The molecule has 0 radical (unpaired) electrons. The molecule has 1 aromatic rings. The number of hydrogen-bond acceptors (Lipinski definition) is 0. The molecule has 0 bridgehead atoms. The van der Waals surface area contributed by atoms with Crippen LogP contribution >= 0.6 is 17.0 Å². The molecule has 0 saturated heterocycles. The van der Waals surface area contributed by atoms with Crippen LogP contribution in [0.15, 0.2) is 30.3 Å². The van der Waals surface area contributed by atoms with Gasteiger partial charge in [-0.3, -0.25) is 0 Å². The Morgan fingerprint density at radius 3 is 2.02 bits per heavy atom. The summed E-state index contributed by atoms with van der Waals surface area (Å²) in [7, 11) is 7.22. The summed E-state index contributed by atoms with van der Waals surface area (Å²) in [6, 6.07) is 11.9. The molecule has 4 aliphatic rings. The quantitative estimate of drug-likeness (QED) is 0.212. The van der Waals surface area contributed by atoms with Gasteiger partial charge < -0.3 is 14.9 Å². The normalized spacial score (nSPS) is 35.3. The third kappa shape index (κ3) is 7.66. The van der Waals surface area contributed by atoms with E-state index in [4.69, 9.17) is 17.0 Å². The fraction of sp³-hybridized carbons (Fsp3) is 0.771. The van der Waals surface area contributed by atoms with E-state index in [1.54, 1.807) is 24.8 Å². The van der Waals surface area contributed by atoms with Gasteiger partial charge in [-0.15, -0.1) is 0 Å². The first-order valence-corrected chi connectivity index (χ1v) is 29.3. The molecule has 9 atom stereocenters. The van der Waals surface area contributed by atoms with Crippen molar-refractivity contribution in [1.29, 1.82) is 0 Å². The van der Waals surface area contributed by atoms with E-state index in [2.05, 4.69) is 84.2 Å². The number of halogens is 2. The van der Waals surface area contributed by atoms with E-state index in [0.717, 1.165) is 52.5 Å². The van der Waals surface area contributed by atoms with Crippen LogP contribution in [0.3, 0.4) is 0 Å². The van der Waals surface area contributed by atoms with Gasteiger partial charge in [0.2, 0.25) is 0 Å². The van der Waals surface area contributed by atoms with E-state index < -0.39 is 36.0 Å². The Kier molecular flexibility index (Phi) is 13.9. The number of fused-ring (bicyclic) bond motifs is 2. The van der Waals surface area contributed by atoms with Crippen molar-refractivity contribution < 1.29 is 20.8 Å². The van der Waals surface area contributed by atoms with Crippen molar-refractivity contribution in [3.05, 3.63) is 50.7 Å². The van der Waals surface area contributed by atoms with Crippen molar-refractivity contribution in [3.8, 4) is 0 Å². The molecule has 0 amide bonds. The molecule has 0 aliphatic heterocycles. The summed E-state index contributed by atoms with van der Waals surface area (Å²) in [5.74, 6) is 6.79. The van der Waals surface area contributed by atoms with Crippen molar-refractivity contribution in [2.75, 3.05) is 0 Å². The summed E-state index contributed by atoms with van der Waals surface area (Å²) in [4.78, 5) is 0. The van der Waals surface area contributed by atoms with Crippen molar-refractivity contribution in [2.45, 2.75) is 129 Å². The molecule has 0 aromatic heterocycles. The second kappa shape index (κ2) is 14.9. The van der Waals surface area contributed by atoms with Crippen molar-refractivity contribution in [1.82, 2.24) is 0 Å². The van der Waals surface area contributed by atoms with Crippen LogP contribution in [0.4, 0.5) is 0 Å². The summed E-state index contributed by atoms with van der Waals surface area (Å²) >= 11 is -0.826. The van der Waals surface area contributed by atoms with Crippen LogP contribution in [0.2, 0.25) is 37.3 Å². The first kappa shape index (κ1) is 37.3. The van der Waals surface area contributed by atoms with E-state index in [1.807, 2.05) is 0 Å². The van der Waals surface area contributed by atoms with Gasteiger partial charge in [0.25, 0.3) is 0 Å². The Morgan fingerprint density at radius 2 is 1.43 bits per heavy atom. The molecule has 5 heteroatoms.